The Morgan fingerprint density at radius 1 is 1.45 bits per heavy atom. The Morgan fingerprint density at radius 3 is 2.73 bits per heavy atom. The van der Waals surface area contributed by atoms with Crippen LogP contribution in [-0.2, 0) is 16.0 Å². The second kappa shape index (κ2) is 5.59. The van der Waals surface area contributed by atoms with E-state index in [9.17, 15) is 14.9 Å². The van der Waals surface area contributed by atoms with Crippen molar-refractivity contribution in [2.75, 3.05) is 11.9 Å². The fourth-order valence-electron chi connectivity index (χ4n) is 3.41. The first-order valence-electron chi connectivity index (χ1n) is 7.72. The van der Waals surface area contributed by atoms with Crippen molar-refractivity contribution in [3.63, 3.8) is 0 Å². The highest BCUT2D eigenvalue weighted by atomic mass is 16.6. The highest BCUT2D eigenvalue weighted by molar-refractivity contribution is 5.70. The lowest BCUT2D eigenvalue weighted by Gasteiger charge is -2.62. The molecule has 0 spiro atoms. The molecule has 0 radical (unpaired) electrons. The maximum atomic E-state index is 11.5. The summed E-state index contributed by atoms with van der Waals surface area (Å²) < 4.78 is 4.93. The first kappa shape index (κ1) is 14.8. The van der Waals surface area contributed by atoms with Crippen molar-refractivity contribution < 1.29 is 14.5 Å². The molecule has 22 heavy (non-hydrogen) atoms. The van der Waals surface area contributed by atoms with Crippen LogP contribution >= 0.6 is 0 Å². The highest BCUT2D eigenvalue weighted by Crippen LogP contribution is 2.58. The number of esters is 1. The Bertz CT molecular complexity index is 597. The number of nitrogens with one attached hydrogen (secondary N) is 1. The molecule has 0 heterocycles. The molecule has 3 fully saturated rings. The van der Waals surface area contributed by atoms with Gasteiger partial charge < -0.3 is 10.1 Å². The lowest BCUT2D eigenvalue weighted by molar-refractivity contribution is -0.384. The fourth-order valence-corrected chi connectivity index (χ4v) is 3.41. The van der Waals surface area contributed by atoms with Gasteiger partial charge in [-0.25, -0.2) is 0 Å². The zero-order valence-electron chi connectivity index (χ0n) is 12.6. The van der Waals surface area contributed by atoms with Crippen molar-refractivity contribution in [2.24, 2.45) is 5.92 Å². The van der Waals surface area contributed by atoms with Gasteiger partial charge in [-0.15, -0.1) is 0 Å². The number of nitro benzene ring substituents is 1. The summed E-state index contributed by atoms with van der Waals surface area (Å²) in [5.74, 6) is 0.582. The van der Waals surface area contributed by atoms with E-state index >= 15 is 0 Å². The van der Waals surface area contributed by atoms with Crippen molar-refractivity contribution in [1.82, 2.24) is 0 Å². The Morgan fingerprint density at radius 2 is 2.18 bits per heavy atom. The lowest BCUT2D eigenvalue weighted by atomic mass is 9.50. The van der Waals surface area contributed by atoms with E-state index in [1.54, 1.807) is 19.1 Å². The van der Waals surface area contributed by atoms with Gasteiger partial charge in [0.2, 0.25) is 0 Å². The number of carbonyl (C=O) groups is 1. The zero-order valence-corrected chi connectivity index (χ0v) is 12.6. The van der Waals surface area contributed by atoms with Crippen LogP contribution in [0, 0.1) is 16.0 Å². The second-order valence-corrected chi connectivity index (χ2v) is 6.29. The molecule has 3 aliphatic rings. The summed E-state index contributed by atoms with van der Waals surface area (Å²) in [6.07, 6.45) is 4.23. The average molecular weight is 304 g/mol. The summed E-state index contributed by atoms with van der Waals surface area (Å²) in [6.45, 7) is 2.12. The third-order valence-corrected chi connectivity index (χ3v) is 4.64. The summed E-state index contributed by atoms with van der Waals surface area (Å²) in [5.41, 5.74) is 1.97. The molecule has 3 saturated carbocycles. The third-order valence-electron chi connectivity index (χ3n) is 4.64. The number of hydrogen-bond acceptors (Lipinski definition) is 5. The number of aryl methyl sites for hydroxylation is 1. The Hall–Kier alpha value is -2.11. The van der Waals surface area contributed by atoms with Gasteiger partial charge in [-0.05, 0) is 50.2 Å². The molecule has 118 valence electrons. The molecule has 0 aliphatic heterocycles. The molecule has 1 aromatic rings. The van der Waals surface area contributed by atoms with Gasteiger partial charge in [-0.3, -0.25) is 14.9 Å². The summed E-state index contributed by atoms with van der Waals surface area (Å²) in [4.78, 5) is 22.1. The van der Waals surface area contributed by atoms with Crippen LogP contribution in [0.1, 0.15) is 38.2 Å². The minimum Gasteiger partial charge on any atom is -0.466 e. The standard InChI is InChI=1S/C16H20N2O4/c1-2-22-15(19)6-3-12-7-13(18(20)21)4-5-14(12)17-16-8-11(9-16)10-16/h4-5,7,11,17H,2-3,6,8-10H2,1H3. The molecule has 0 atom stereocenters. The van der Waals surface area contributed by atoms with Crippen molar-refractivity contribution in [1.29, 1.82) is 0 Å². The van der Waals surface area contributed by atoms with E-state index < -0.39 is 4.92 Å². The number of nitro groups is 1. The van der Waals surface area contributed by atoms with Crippen LogP contribution in [0.2, 0.25) is 0 Å². The van der Waals surface area contributed by atoms with Crippen LogP contribution in [0.15, 0.2) is 18.2 Å². The molecule has 6 heteroatoms. The molecular formula is C16H20N2O4. The smallest absolute Gasteiger partial charge is 0.306 e. The van der Waals surface area contributed by atoms with Crippen LogP contribution in [0.3, 0.4) is 0 Å². The number of ether oxygens (including phenoxy) is 1. The number of carbonyl (C=O) groups excluding carboxylic acids is 1. The average Bonchev–Trinajstić information content (AvgIpc) is 2.40. The summed E-state index contributed by atoms with van der Waals surface area (Å²) in [7, 11) is 0. The van der Waals surface area contributed by atoms with E-state index in [1.807, 2.05) is 0 Å². The number of rotatable bonds is 7. The van der Waals surface area contributed by atoms with Gasteiger partial charge in [0.15, 0.2) is 0 Å². The van der Waals surface area contributed by atoms with Gasteiger partial charge >= 0.3 is 5.97 Å². The highest BCUT2D eigenvalue weighted by Gasteiger charge is 2.56. The molecule has 6 nitrogen and oxygen atoms in total. The third kappa shape index (κ3) is 2.77. The maximum Gasteiger partial charge on any atom is 0.306 e. The quantitative estimate of drug-likeness (QED) is 0.475. The largest absolute Gasteiger partial charge is 0.466 e. The topological polar surface area (TPSA) is 81.5 Å². The SMILES string of the molecule is CCOC(=O)CCc1cc([N+](=O)[O-])ccc1NC12CC(C1)C2. The molecule has 1 N–H and O–H groups in total. The predicted molar refractivity (Wildman–Crippen MR) is 81.7 cm³/mol. The van der Waals surface area contributed by atoms with Crippen LogP contribution < -0.4 is 5.32 Å². The Balaban J connectivity index is 1.74. The molecule has 2 bridgehead atoms. The van der Waals surface area contributed by atoms with E-state index in [0.29, 0.717) is 13.0 Å². The number of non-ortho nitro benzene ring substituents is 1. The van der Waals surface area contributed by atoms with E-state index in [1.165, 1.54) is 25.3 Å². The molecule has 0 amide bonds. The monoisotopic (exact) mass is 304 g/mol. The second-order valence-electron chi connectivity index (χ2n) is 6.29. The van der Waals surface area contributed by atoms with Gasteiger partial charge in [0.1, 0.15) is 0 Å². The molecule has 4 rings (SSSR count). The number of nitrogens with zero attached hydrogens (tertiary/aromatic N) is 1. The molecular weight excluding hydrogens is 284 g/mol. The van der Waals surface area contributed by atoms with Crippen LogP contribution in [-0.4, -0.2) is 23.0 Å². The molecule has 0 unspecified atom stereocenters. The number of anilines is 1. The van der Waals surface area contributed by atoms with Gasteiger partial charge in [0.05, 0.1) is 11.5 Å². The fraction of sp³-hybridized carbons (Fsp3) is 0.562. The summed E-state index contributed by atoms with van der Waals surface area (Å²) in [5, 5.41) is 14.5. The van der Waals surface area contributed by atoms with Crippen molar-refractivity contribution in [3.8, 4) is 0 Å². The van der Waals surface area contributed by atoms with Gasteiger partial charge in [0.25, 0.3) is 5.69 Å². The van der Waals surface area contributed by atoms with Crippen LogP contribution in [0.5, 0.6) is 0 Å². The van der Waals surface area contributed by atoms with E-state index in [-0.39, 0.29) is 23.6 Å². The Kier molecular flexibility index (Phi) is 3.76. The van der Waals surface area contributed by atoms with Crippen LogP contribution in [0.4, 0.5) is 11.4 Å². The van der Waals surface area contributed by atoms with E-state index in [4.69, 9.17) is 4.74 Å². The number of benzene rings is 1. The normalized spacial score (nSPS) is 24.9. The molecule has 0 saturated heterocycles. The minimum atomic E-state index is -0.404. The summed E-state index contributed by atoms with van der Waals surface area (Å²) in [6, 6.07) is 4.84. The Labute approximate surface area is 129 Å². The van der Waals surface area contributed by atoms with Gasteiger partial charge in [0, 0.05) is 29.8 Å². The molecule has 3 aliphatic carbocycles. The maximum absolute atomic E-state index is 11.5. The van der Waals surface area contributed by atoms with Crippen molar-refractivity contribution in [2.45, 2.75) is 44.6 Å². The van der Waals surface area contributed by atoms with Crippen molar-refractivity contribution >= 4 is 17.3 Å². The van der Waals surface area contributed by atoms with E-state index in [2.05, 4.69) is 5.32 Å². The first-order chi connectivity index (χ1) is 10.5. The van der Waals surface area contributed by atoms with Gasteiger partial charge in [-0.1, -0.05) is 0 Å². The van der Waals surface area contributed by atoms with Crippen LogP contribution in [0.25, 0.3) is 0 Å². The lowest BCUT2D eigenvalue weighted by Crippen LogP contribution is -2.63. The number of hydrogen-bond donors (Lipinski definition) is 1. The van der Waals surface area contributed by atoms with Crippen molar-refractivity contribution in [3.05, 3.63) is 33.9 Å². The molecule has 0 aromatic heterocycles. The van der Waals surface area contributed by atoms with Gasteiger partial charge in [-0.2, -0.15) is 0 Å². The zero-order chi connectivity index (χ0) is 15.7. The predicted octanol–water partition coefficient (Wildman–Crippen LogP) is 3.05. The summed E-state index contributed by atoms with van der Waals surface area (Å²) >= 11 is 0. The minimum absolute atomic E-state index is 0.0574. The van der Waals surface area contributed by atoms with E-state index in [0.717, 1.165) is 17.2 Å². The first-order valence-corrected chi connectivity index (χ1v) is 7.72. The molecule has 1 aromatic carbocycles.